The summed E-state index contributed by atoms with van der Waals surface area (Å²) in [6, 6.07) is 0. The van der Waals surface area contributed by atoms with Gasteiger partial charge in [0.1, 0.15) is 0 Å². The first-order chi connectivity index (χ1) is 4.34. The SMILES string of the molecule is CC(C)OC(C)C(C)(C)N. The Morgan fingerprint density at radius 1 is 1.20 bits per heavy atom. The smallest absolute Gasteiger partial charge is 0.0724 e. The minimum absolute atomic E-state index is 0.118. The average molecular weight is 145 g/mol. The van der Waals surface area contributed by atoms with E-state index in [1.54, 1.807) is 0 Å². The molecule has 0 aromatic rings. The largest absolute Gasteiger partial charge is 0.374 e. The van der Waals surface area contributed by atoms with E-state index in [2.05, 4.69) is 0 Å². The summed E-state index contributed by atoms with van der Waals surface area (Å²) >= 11 is 0. The first kappa shape index (κ1) is 9.92. The van der Waals surface area contributed by atoms with Crippen LogP contribution in [0.25, 0.3) is 0 Å². The van der Waals surface area contributed by atoms with Crippen LogP contribution in [-0.2, 0) is 4.74 Å². The summed E-state index contributed by atoms with van der Waals surface area (Å²) < 4.78 is 5.49. The summed E-state index contributed by atoms with van der Waals surface area (Å²) in [5.41, 5.74) is 5.57. The van der Waals surface area contributed by atoms with Crippen LogP contribution < -0.4 is 5.73 Å². The van der Waals surface area contributed by atoms with Crippen LogP contribution >= 0.6 is 0 Å². The molecule has 0 spiro atoms. The average Bonchev–Trinajstić information content (AvgIpc) is 1.60. The first-order valence-corrected chi connectivity index (χ1v) is 3.78. The zero-order valence-electron chi connectivity index (χ0n) is 7.64. The Bertz CT molecular complexity index is 93.9. The van der Waals surface area contributed by atoms with Gasteiger partial charge in [-0.3, -0.25) is 0 Å². The summed E-state index contributed by atoms with van der Waals surface area (Å²) in [5, 5.41) is 0. The fraction of sp³-hybridized carbons (Fsp3) is 1.00. The molecule has 0 saturated heterocycles. The van der Waals surface area contributed by atoms with E-state index < -0.39 is 0 Å². The van der Waals surface area contributed by atoms with Gasteiger partial charge in [0.25, 0.3) is 0 Å². The van der Waals surface area contributed by atoms with Crippen LogP contribution in [0.4, 0.5) is 0 Å². The summed E-state index contributed by atoms with van der Waals surface area (Å²) in [4.78, 5) is 0. The van der Waals surface area contributed by atoms with Crippen molar-refractivity contribution in [3.05, 3.63) is 0 Å². The van der Waals surface area contributed by atoms with Gasteiger partial charge in [0, 0.05) is 5.54 Å². The minimum atomic E-state index is -0.232. The number of ether oxygens (including phenoxy) is 1. The molecule has 1 atom stereocenters. The highest BCUT2D eigenvalue weighted by Gasteiger charge is 2.21. The highest BCUT2D eigenvalue weighted by atomic mass is 16.5. The summed E-state index contributed by atoms with van der Waals surface area (Å²) in [6.07, 6.45) is 0.380. The molecule has 2 heteroatoms. The lowest BCUT2D eigenvalue weighted by atomic mass is 10.0. The predicted octanol–water partition coefficient (Wildman–Crippen LogP) is 1.54. The van der Waals surface area contributed by atoms with Gasteiger partial charge in [-0.25, -0.2) is 0 Å². The van der Waals surface area contributed by atoms with Crippen molar-refractivity contribution in [2.24, 2.45) is 5.73 Å². The van der Waals surface area contributed by atoms with Crippen LogP contribution in [0.15, 0.2) is 0 Å². The molecule has 0 heterocycles. The van der Waals surface area contributed by atoms with Gasteiger partial charge in [-0.05, 0) is 34.6 Å². The maximum absolute atomic E-state index is 5.80. The summed E-state index contributed by atoms with van der Waals surface area (Å²) in [7, 11) is 0. The third-order valence-electron chi connectivity index (χ3n) is 1.52. The zero-order valence-corrected chi connectivity index (χ0v) is 7.64. The van der Waals surface area contributed by atoms with E-state index >= 15 is 0 Å². The lowest BCUT2D eigenvalue weighted by Gasteiger charge is -2.28. The molecule has 2 N–H and O–H groups in total. The van der Waals surface area contributed by atoms with Crippen LogP contribution in [0.2, 0.25) is 0 Å². The van der Waals surface area contributed by atoms with E-state index in [1.165, 1.54) is 0 Å². The molecule has 0 aliphatic heterocycles. The van der Waals surface area contributed by atoms with Crippen molar-refractivity contribution in [3.63, 3.8) is 0 Å². The Morgan fingerprint density at radius 2 is 1.60 bits per heavy atom. The third-order valence-corrected chi connectivity index (χ3v) is 1.52. The van der Waals surface area contributed by atoms with Crippen molar-refractivity contribution in [1.82, 2.24) is 0 Å². The molecule has 0 bridgehead atoms. The number of nitrogens with two attached hydrogens (primary N) is 1. The summed E-state index contributed by atoms with van der Waals surface area (Å²) in [6.45, 7) is 9.98. The lowest BCUT2D eigenvalue weighted by Crippen LogP contribution is -2.45. The molecule has 0 aromatic carbocycles. The van der Waals surface area contributed by atoms with E-state index in [0.29, 0.717) is 0 Å². The minimum Gasteiger partial charge on any atom is -0.374 e. The van der Waals surface area contributed by atoms with Gasteiger partial charge in [0.2, 0.25) is 0 Å². The fourth-order valence-corrected chi connectivity index (χ4v) is 0.584. The number of hydrogen-bond acceptors (Lipinski definition) is 2. The highest BCUT2D eigenvalue weighted by molar-refractivity contribution is 4.79. The van der Waals surface area contributed by atoms with Gasteiger partial charge in [0.05, 0.1) is 12.2 Å². The predicted molar refractivity (Wildman–Crippen MR) is 43.9 cm³/mol. The Labute approximate surface area is 63.7 Å². The Kier molecular flexibility index (Phi) is 3.33. The molecule has 10 heavy (non-hydrogen) atoms. The molecular formula is C8H19NO. The van der Waals surface area contributed by atoms with E-state index in [1.807, 2.05) is 34.6 Å². The Morgan fingerprint density at radius 3 is 1.70 bits per heavy atom. The highest BCUT2D eigenvalue weighted by Crippen LogP contribution is 2.10. The number of hydrogen-bond donors (Lipinski definition) is 1. The molecule has 0 saturated carbocycles. The van der Waals surface area contributed by atoms with Gasteiger partial charge < -0.3 is 10.5 Å². The Hall–Kier alpha value is -0.0800. The second-order valence-corrected chi connectivity index (χ2v) is 3.65. The van der Waals surface area contributed by atoms with E-state index in [9.17, 15) is 0 Å². The molecule has 62 valence electrons. The van der Waals surface area contributed by atoms with Gasteiger partial charge in [-0.15, -0.1) is 0 Å². The van der Waals surface area contributed by atoms with E-state index in [-0.39, 0.29) is 17.7 Å². The quantitative estimate of drug-likeness (QED) is 0.653. The van der Waals surface area contributed by atoms with Crippen LogP contribution in [-0.4, -0.2) is 17.7 Å². The van der Waals surface area contributed by atoms with Gasteiger partial charge >= 0.3 is 0 Å². The molecule has 0 fully saturated rings. The topological polar surface area (TPSA) is 35.2 Å². The normalized spacial score (nSPS) is 15.9. The lowest BCUT2D eigenvalue weighted by molar-refractivity contribution is -0.0165. The molecule has 1 unspecified atom stereocenters. The maximum Gasteiger partial charge on any atom is 0.0724 e. The number of rotatable bonds is 3. The third kappa shape index (κ3) is 3.85. The zero-order chi connectivity index (χ0) is 8.36. The van der Waals surface area contributed by atoms with Crippen LogP contribution in [0, 0.1) is 0 Å². The van der Waals surface area contributed by atoms with Crippen molar-refractivity contribution in [2.45, 2.75) is 52.4 Å². The van der Waals surface area contributed by atoms with Crippen molar-refractivity contribution in [2.75, 3.05) is 0 Å². The second kappa shape index (κ2) is 3.35. The van der Waals surface area contributed by atoms with Gasteiger partial charge in [-0.1, -0.05) is 0 Å². The molecule has 0 amide bonds. The summed E-state index contributed by atoms with van der Waals surface area (Å²) in [5.74, 6) is 0. The molecule has 0 aliphatic rings. The molecular weight excluding hydrogens is 126 g/mol. The standard InChI is InChI=1S/C8H19NO/c1-6(2)10-7(3)8(4,5)9/h6-7H,9H2,1-5H3. The molecule has 0 rings (SSSR count). The van der Waals surface area contributed by atoms with Crippen molar-refractivity contribution >= 4 is 0 Å². The maximum atomic E-state index is 5.80. The molecule has 0 aliphatic carbocycles. The molecule has 2 nitrogen and oxygen atoms in total. The van der Waals surface area contributed by atoms with Gasteiger partial charge in [0.15, 0.2) is 0 Å². The molecule has 0 aromatic heterocycles. The second-order valence-electron chi connectivity index (χ2n) is 3.65. The molecule has 0 radical (unpaired) electrons. The van der Waals surface area contributed by atoms with E-state index in [4.69, 9.17) is 10.5 Å². The van der Waals surface area contributed by atoms with Crippen LogP contribution in [0.5, 0.6) is 0 Å². The monoisotopic (exact) mass is 145 g/mol. The van der Waals surface area contributed by atoms with E-state index in [0.717, 1.165) is 0 Å². The van der Waals surface area contributed by atoms with Crippen molar-refractivity contribution in [3.8, 4) is 0 Å². The van der Waals surface area contributed by atoms with Crippen LogP contribution in [0.1, 0.15) is 34.6 Å². The van der Waals surface area contributed by atoms with Crippen molar-refractivity contribution in [1.29, 1.82) is 0 Å². The van der Waals surface area contributed by atoms with Crippen molar-refractivity contribution < 1.29 is 4.74 Å². The fourth-order valence-electron chi connectivity index (χ4n) is 0.584. The first-order valence-electron chi connectivity index (χ1n) is 3.78. The van der Waals surface area contributed by atoms with Crippen LogP contribution in [0.3, 0.4) is 0 Å². The Balaban J connectivity index is 3.73. The van der Waals surface area contributed by atoms with Gasteiger partial charge in [-0.2, -0.15) is 0 Å².